The molecule has 2 heterocycles. The van der Waals surface area contributed by atoms with Gasteiger partial charge in [0.25, 0.3) is 0 Å². The Labute approximate surface area is 136 Å². The van der Waals surface area contributed by atoms with E-state index in [9.17, 15) is 9.90 Å². The second kappa shape index (κ2) is 7.13. The third-order valence-electron chi connectivity index (χ3n) is 4.07. The highest BCUT2D eigenvalue weighted by Crippen LogP contribution is 2.20. The van der Waals surface area contributed by atoms with Crippen molar-refractivity contribution in [3.05, 3.63) is 48.2 Å². The number of hydrogen-bond donors (Lipinski definition) is 2. The molecular formula is C18H21N3O2. The lowest BCUT2D eigenvalue weighted by Gasteiger charge is -2.16. The third-order valence-corrected chi connectivity index (χ3v) is 4.07. The van der Waals surface area contributed by atoms with Crippen molar-refractivity contribution in [3.63, 3.8) is 0 Å². The Kier molecular flexibility index (Phi) is 4.76. The number of aryl methyl sites for hydroxylation is 1. The van der Waals surface area contributed by atoms with Crippen LogP contribution in [0.15, 0.2) is 42.6 Å². The predicted molar refractivity (Wildman–Crippen MR) is 90.7 cm³/mol. The highest BCUT2D eigenvalue weighted by Gasteiger charge is 2.13. The lowest BCUT2D eigenvalue weighted by Crippen LogP contribution is -2.19. The molecule has 0 bridgehead atoms. The Bertz CT molecular complexity index is 664. The number of aromatic hydroxyl groups is 1. The summed E-state index contributed by atoms with van der Waals surface area (Å²) in [6, 6.07) is 10.9. The van der Waals surface area contributed by atoms with Crippen molar-refractivity contribution < 1.29 is 9.90 Å². The van der Waals surface area contributed by atoms with E-state index >= 15 is 0 Å². The number of nitrogens with zero attached hydrogens (tertiary/aromatic N) is 2. The second-order valence-corrected chi connectivity index (χ2v) is 5.78. The first-order chi connectivity index (χ1) is 11.2. The van der Waals surface area contributed by atoms with Gasteiger partial charge in [0, 0.05) is 19.5 Å². The number of phenolic OH excluding ortho intramolecular Hbond substituents is 1. The largest absolute Gasteiger partial charge is 0.508 e. The van der Waals surface area contributed by atoms with Crippen LogP contribution < -0.4 is 10.2 Å². The number of anilines is 2. The number of pyridine rings is 1. The number of para-hydroxylation sites is 1. The van der Waals surface area contributed by atoms with Crippen LogP contribution in [0, 0.1) is 0 Å². The van der Waals surface area contributed by atoms with Crippen LogP contribution in [0.25, 0.3) is 0 Å². The zero-order valence-electron chi connectivity index (χ0n) is 13.0. The zero-order valence-corrected chi connectivity index (χ0v) is 13.0. The maximum Gasteiger partial charge on any atom is 0.224 e. The van der Waals surface area contributed by atoms with Crippen LogP contribution in [-0.4, -0.2) is 29.1 Å². The average Bonchev–Trinajstić information content (AvgIpc) is 3.09. The molecule has 1 saturated heterocycles. The number of carbonyl (C=O) groups is 1. The fourth-order valence-electron chi connectivity index (χ4n) is 2.79. The fraction of sp³-hybridized carbons (Fsp3) is 0.333. The van der Waals surface area contributed by atoms with Crippen LogP contribution in [-0.2, 0) is 11.2 Å². The Balaban J connectivity index is 1.52. The summed E-state index contributed by atoms with van der Waals surface area (Å²) in [6.07, 6.45) is 4.97. The van der Waals surface area contributed by atoms with Crippen LogP contribution in [0.4, 0.5) is 11.5 Å². The molecule has 120 valence electrons. The molecule has 3 rings (SSSR count). The molecule has 0 atom stereocenters. The number of rotatable bonds is 5. The van der Waals surface area contributed by atoms with Crippen molar-refractivity contribution in [3.8, 4) is 5.75 Å². The molecule has 23 heavy (non-hydrogen) atoms. The van der Waals surface area contributed by atoms with Crippen molar-refractivity contribution in [1.29, 1.82) is 0 Å². The van der Waals surface area contributed by atoms with Gasteiger partial charge in [0.2, 0.25) is 5.91 Å². The summed E-state index contributed by atoms with van der Waals surface area (Å²) in [6.45, 7) is 2.11. The number of amides is 1. The molecule has 0 unspecified atom stereocenters. The van der Waals surface area contributed by atoms with E-state index in [2.05, 4.69) is 15.2 Å². The van der Waals surface area contributed by atoms with E-state index in [1.165, 1.54) is 12.8 Å². The molecule has 5 nitrogen and oxygen atoms in total. The van der Waals surface area contributed by atoms with Gasteiger partial charge in [-0.1, -0.05) is 18.2 Å². The van der Waals surface area contributed by atoms with E-state index in [0.717, 1.165) is 24.5 Å². The van der Waals surface area contributed by atoms with E-state index in [1.807, 2.05) is 24.3 Å². The fourth-order valence-corrected chi connectivity index (χ4v) is 2.79. The van der Waals surface area contributed by atoms with Crippen LogP contribution >= 0.6 is 0 Å². The molecule has 1 amide bonds. The summed E-state index contributed by atoms with van der Waals surface area (Å²) in [7, 11) is 0. The third kappa shape index (κ3) is 4.00. The summed E-state index contributed by atoms with van der Waals surface area (Å²) < 4.78 is 0. The van der Waals surface area contributed by atoms with Gasteiger partial charge in [-0.15, -0.1) is 0 Å². The average molecular weight is 311 g/mol. The van der Waals surface area contributed by atoms with Crippen LogP contribution in [0.1, 0.15) is 24.8 Å². The minimum absolute atomic E-state index is 0.0797. The number of aromatic nitrogens is 1. The molecule has 0 saturated carbocycles. The van der Waals surface area contributed by atoms with E-state index in [0.29, 0.717) is 18.5 Å². The Morgan fingerprint density at radius 3 is 2.65 bits per heavy atom. The Hall–Kier alpha value is -2.56. The maximum absolute atomic E-state index is 12.0. The molecule has 1 fully saturated rings. The summed E-state index contributed by atoms with van der Waals surface area (Å²) in [5.74, 6) is 1.12. The number of carbonyl (C=O) groups excluding carboxylic acids is 1. The summed E-state index contributed by atoms with van der Waals surface area (Å²) in [5, 5.41) is 12.5. The van der Waals surface area contributed by atoms with E-state index in [-0.39, 0.29) is 11.7 Å². The summed E-state index contributed by atoms with van der Waals surface area (Å²) in [5.41, 5.74) is 1.49. The van der Waals surface area contributed by atoms with E-state index < -0.39 is 0 Å². The van der Waals surface area contributed by atoms with Gasteiger partial charge in [0.15, 0.2) is 0 Å². The maximum atomic E-state index is 12.0. The first-order valence-corrected chi connectivity index (χ1v) is 8.00. The predicted octanol–water partition coefficient (Wildman–Crippen LogP) is 2.96. The molecule has 5 heteroatoms. The zero-order chi connectivity index (χ0) is 16.1. The minimum Gasteiger partial charge on any atom is -0.508 e. The second-order valence-electron chi connectivity index (χ2n) is 5.78. The lowest BCUT2D eigenvalue weighted by molar-refractivity contribution is -0.116. The van der Waals surface area contributed by atoms with Gasteiger partial charge in [-0.25, -0.2) is 4.98 Å². The van der Waals surface area contributed by atoms with Crippen molar-refractivity contribution in [2.45, 2.75) is 25.7 Å². The normalized spacial score (nSPS) is 14.0. The van der Waals surface area contributed by atoms with Gasteiger partial charge in [0.1, 0.15) is 11.6 Å². The summed E-state index contributed by atoms with van der Waals surface area (Å²) in [4.78, 5) is 18.7. The van der Waals surface area contributed by atoms with Crippen LogP contribution in [0.2, 0.25) is 0 Å². The SMILES string of the molecule is O=C(CCc1ccccc1O)Nc1ccc(N2CCCC2)nc1. The van der Waals surface area contributed by atoms with Crippen molar-refractivity contribution in [2.75, 3.05) is 23.3 Å². The first-order valence-electron chi connectivity index (χ1n) is 8.00. The molecule has 1 aromatic heterocycles. The first kappa shape index (κ1) is 15.3. The minimum atomic E-state index is -0.0797. The van der Waals surface area contributed by atoms with Gasteiger partial charge >= 0.3 is 0 Å². The van der Waals surface area contributed by atoms with E-state index in [4.69, 9.17) is 0 Å². The Morgan fingerprint density at radius 2 is 1.96 bits per heavy atom. The molecule has 2 N–H and O–H groups in total. The van der Waals surface area contributed by atoms with Crippen molar-refractivity contribution in [2.24, 2.45) is 0 Å². The van der Waals surface area contributed by atoms with Crippen molar-refractivity contribution >= 4 is 17.4 Å². The van der Waals surface area contributed by atoms with Gasteiger partial charge in [-0.05, 0) is 43.0 Å². The standard InChI is InChI=1S/C18H21N3O2/c22-16-6-2-1-5-14(16)7-10-18(23)20-15-8-9-17(19-13-15)21-11-3-4-12-21/h1-2,5-6,8-9,13,22H,3-4,7,10-12H2,(H,20,23). The smallest absolute Gasteiger partial charge is 0.224 e. The van der Waals surface area contributed by atoms with Crippen LogP contribution in [0.3, 0.4) is 0 Å². The highest BCUT2D eigenvalue weighted by atomic mass is 16.3. The lowest BCUT2D eigenvalue weighted by atomic mass is 10.1. The topological polar surface area (TPSA) is 65.5 Å². The van der Waals surface area contributed by atoms with Crippen LogP contribution in [0.5, 0.6) is 5.75 Å². The molecule has 0 spiro atoms. The summed E-state index contributed by atoms with van der Waals surface area (Å²) >= 11 is 0. The number of phenols is 1. The highest BCUT2D eigenvalue weighted by molar-refractivity contribution is 5.90. The van der Waals surface area contributed by atoms with Gasteiger partial charge in [0.05, 0.1) is 11.9 Å². The molecule has 0 aliphatic carbocycles. The quantitative estimate of drug-likeness (QED) is 0.891. The Morgan fingerprint density at radius 1 is 1.17 bits per heavy atom. The molecule has 2 aromatic rings. The van der Waals surface area contributed by atoms with Gasteiger partial charge in [-0.3, -0.25) is 4.79 Å². The number of nitrogens with one attached hydrogen (secondary N) is 1. The van der Waals surface area contributed by atoms with Gasteiger partial charge in [-0.2, -0.15) is 0 Å². The molecule has 0 radical (unpaired) electrons. The molecular weight excluding hydrogens is 290 g/mol. The number of hydrogen-bond acceptors (Lipinski definition) is 4. The monoisotopic (exact) mass is 311 g/mol. The van der Waals surface area contributed by atoms with E-state index in [1.54, 1.807) is 18.3 Å². The number of benzene rings is 1. The molecule has 1 aromatic carbocycles. The van der Waals surface area contributed by atoms with Crippen molar-refractivity contribution in [1.82, 2.24) is 4.98 Å². The molecule has 1 aliphatic heterocycles. The molecule has 1 aliphatic rings. The van der Waals surface area contributed by atoms with Gasteiger partial charge < -0.3 is 15.3 Å².